The SMILES string of the molecule is CCc1coc(-c2ccccc2)c1S(=O)(=O)c1ccc(C)cc1. The maximum atomic E-state index is 13.1. The van der Waals surface area contributed by atoms with Crippen LogP contribution >= 0.6 is 0 Å². The van der Waals surface area contributed by atoms with Crippen LogP contribution in [0.2, 0.25) is 0 Å². The van der Waals surface area contributed by atoms with E-state index in [1.54, 1.807) is 30.5 Å². The van der Waals surface area contributed by atoms with Gasteiger partial charge in [-0.25, -0.2) is 8.42 Å². The summed E-state index contributed by atoms with van der Waals surface area (Å²) >= 11 is 0. The van der Waals surface area contributed by atoms with Crippen molar-refractivity contribution in [1.82, 2.24) is 0 Å². The predicted octanol–water partition coefficient (Wildman–Crippen LogP) is 4.65. The van der Waals surface area contributed by atoms with Crippen molar-refractivity contribution in [3.8, 4) is 11.3 Å². The molecule has 3 rings (SSSR count). The zero-order valence-electron chi connectivity index (χ0n) is 13.1. The zero-order chi connectivity index (χ0) is 16.4. The van der Waals surface area contributed by atoms with E-state index >= 15 is 0 Å². The number of furan rings is 1. The molecule has 0 radical (unpaired) electrons. The van der Waals surface area contributed by atoms with E-state index in [4.69, 9.17) is 4.42 Å². The maximum absolute atomic E-state index is 13.1. The molecule has 1 heterocycles. The van der Waals surface area contributed by atoms with Gasteiger partial charge in [-0.05, 0) is 25.5 Å². The van der Waals surface area contributed by atoms with Gasteiger partial charge >= 0.3 is 0 Å². The molecule has 0 N–H and O–H groups in total. The summed E-state index contributed by atoms with van der Waals surface area (Å²) in [5.41, 5.74) is 2.48. The molecule has 0 saturated carbocycles. The molecule has 3 nitrogen and oxygen atoms in total. The van der Waals surface area contributed by atoms with Crippen LogP contribution in [0.15, 0.2) is 75.1 Å². The van der Waals surface area contributed by atoms with Gasteiger partial charge in [-0.3, -0.25) is 0 Å². The van der Waals surface area contributed by atoms with Crippen molar-refractivity contribution >= 4 is 9.84 Å². The van der Waals surface area contributed by atoms with E-state index in [0.29, 0.717) is 17.7 Å². The van der Waals surface area contributed by atoms with Crippen LogP contribution in [-0.4, -0.2) is 8.42 Å². The smallest absolute Gasteiger partial charge is 0.210 e. The van der Waals surface area contributed by atoms with Crippen molar-refractivity contribution in [2.24, 2.45) is 0 Å². The van der Waals surface area contributed by atoms with E-state index in [0.717, 1.165) is 11.1 Å². The summed E-state index contributed by atoms with van der Waals surface area (Å²) in [5.74, 6) is 0.406. The van der Waals surface area contributed by atoms with Gasteiger partial charge in [-0.15, -0.1) is 0 Å². The van der Waals surface area contributed by atoms with Crippen LogP contribution in [0.3, 0.4) is 0 Å². The summed E-state index contributed by atoms with van der Waals surface area (Å²) < 4.78 is 31.9. The standard InChI is InChI=1S/C19H18O3S/c1-3-15-13-22-18(16-7-5-4-6-8-16)19(15)23(20,21)17-11-9-14(2)10-12-17/h4-13H,3H2,1-2H3. The van der Waals surface area contributed by atoms with Gasteiger partial charge in [0.05, 0.1) is 11.2 Å². The van der Waals surface area contributed by atoms with Crippen LogP contribution in [-0.2, 0) is 16.3 Å². The summed E-state index contributed by atoms with van der Waals surface area (Å²) in [6.45, 7) is 3.86. The summed E-state index contributed by atoms with van der Waals surface area (Å²) in [4.78, 5) is 0.562. The summed E-state index contributed by atoms with van der Waals surface area (Å²) in [6, 6.07) is 16.2. The first kappa shape index (κ1) is 15.6. The Bertz CT molecular complexity index is 905. The van der Waals surface area contributed by atoms with Crippen LogP contribution in [0, 0.1) is 6.92 Å². The first-order chi connectivity index (χ1) is 11.0. The number of aryl methyl sites for hydroxylation is 2. The highest BCUT2D eigenvalue weighted by atomic mass is 32.2. The average molecular weight is 326 g/mol. The van der Waals surface area contributed by atoms with Crippen LogP contribution in [0.5, 0.6) is 0 Å². The second kappa shape index (κ2) is 6.05. The van der Waals surface area contributed by atoms with E-state index in [9.17, 15) is 8.42 Å². The molecule has 0 aliphatic rings. The number of sulfone groups is 1. The van der Waals surface area contributed by atoms with Crippen molar-refractivity contribution in [2.45, 2.75) is 30.1 Å². The van der Waals surface area contributed by atoms with E-state index < -0.39 is 9.84 Å². The fraction of sp³-hybridized carbons (Fsp3) is 0.158. The summed E-state index contributed by atoms with van der Waals surface area (Å²) in [5, 5.41) is 0. The lowest BCUT2D eigenvalue weighted by molar-refractivity contribution is 0.570. The molecule has 2 aromatic carbocycles. The van der Waals surface area contributed by atoms with Gasteiger partial charge in [0.25, 0.3) is 0 Å². The molecule has 3 aromatic rings. The molecule has 0 spiro atoms. The Morgan fingerprint density at radius 1 is 0.957 bits per heavy atom. The molecular weight excluding hydrogens is 308 g/mol. The minimum atomic E-state index is -3.63. The lowest BCUT2D eigenvalue weighted by Crippen LogP contribution is -2.05. The largest absolute Gasteiger partial charge is 0.463 e. The molecule has 0 saturated heterocycles. The Hall–Kier alpha value is -2.33. The topological polar surface area (TPSA) is 47.3 Å². The van der Waals surface area contributed by atoms with Gasteiger partial charge in [0.2, 0.25) is 9.84 Å². The molecule has 0 bridgehead atoms. The molecular formula is C19H18O3S. The highest BCUT2D eigenvalue weighted by molar-refractivity contribution is 7.91. The van der Waals surface area contributed by atoms with Crippen LogP contribution in [0.4, 0.5) is 0 Å². The highest BCUT2D eigenvalue weighted by Crippen LogP contribution is 2.36. The van der Waals surface area contributed by atoms with Crippen molar-refractivity contribution in [2.75, 3.05) is 0 Å². The molecule has 0 unspecified atom stereocenters. The molecule has 0 aliphatic heterocycles. The monoisotopic (exact) mass is 326 g/mol. The zero-order valence-corrected chi connectivity index (χ0v) is 13.9. The second-order valence-corrected chi connectivity index (χ2v) is 7.34. The fourth-order valence-corrected chi connectivity index (χ4v) is 4.22. The third kappa shape index (κ3) is 2.82. The molecule has 1 aromatic heterocycles. The van der Waals surface area contributed by atoms with Crippen molar-refractivity contribution in [1.29, 1.82) is 0 Å². The first-order valence-corrected chi connectivity index (χ1v) is 9.00. The summed E-state index contributed by atoms with van der Waals surface area (Å²) in [7, 11) is -3.63. The Balaban J connectivity index is 2.22. The van der Waals surface area contributed by atoms with Crippen molar-refractivity contribution in [3.05, 3.63) is 72.0 Å². The number of rotatable bonds is 4. The predicted molar refractivity (Wildman–Crippen MR) is 90.2 cm³/mol. The van der Waals surface area contributed by atoms with Gasteiger partial charge in [0.1, 0.15) is 4.90 Å². The molecule has 0 fully saturated rings. The van der Waals surface area contributed by atoms with Crippen LogP contribution < -0.4 is 0 Å². The molecule has 0 amide bonds. The van der Waals surface area contributed by atoms with Gasteiger partial charge in [0.15, 0.2) is 5.76 Å². The van der Waals surface area contributed by atoms with Gasteiger partial charge in [-0.1, -0.05) is 55.0 Å². The van der Waals surface area contributed by atoms with Crippen LogP contribution in [0.25, 0.3) is 11.3 Å². The Morgan fingerprint density at radius 2 is 1.61 bits per heavy atom. The van der Waals surface area contributed by atoms with Gasteiger partial charge in [-0.2, -0.15) is 0 Å². The Labute approximate surface area is 136 Å². The molecule has 23 heavy (non-hydrogen) atoms. The first-order valence-electron chi connectivity index (χ1n) is 7.51. The minimum Gasteiger partial charge on any atom is -0.463 e. The average Bonchev–Trinajstić information content (AvgIpc) is 3.01. The van der Waals surface area contributed by atoms with Crippen molar-refractivity contribution in [3.63, 3.8) is 0 Å². The lowest BCUT2D eigenvalue weighted by atomic mass is 10.1. The molecule has 0 atom stereocenters. The van der Waals surface area contributed by atoms with E-state index in [-0.39, 0.29) is 9.79 Å². The van der Waals surface area contributed by atoms with Gasteiger partial charge < -0.3 is 4.42 Å². The third-order valence-corrected chi connectivity index (χ3v) is 5.71. The van der Waals surface area contributed by atoms with E-state index in [1.165, 1.54) is 0 Å². The minimum absolute atomic E-state index is 0.273. The van der Waals surface area contributed by atoms with Gasteiger partial charge in [0, 0.05) is 11.1 Å². The van der Waals surface area contributed by atoms with Crippen LogP contribution in [0.1, 0.15) is 18.1 Å². The lowest BCUT2D eigenvalue weighted by Gasteiger charge is -2.08. The van der Waals surface area contributed by atoms with E-state index in [2.05, 4.69) is 0 Å². The highest BCUT2D eigenvalue weighted by Gasteiger charge is 2.28. The summed E-state index contributed by atoms with van der Waals surface area (Å²) in [6.07, 6.45) is 2.14. The fourth-order valence-electron chi connectivity index (χ4n) is 2.55. The number of hydrogen-bond acceptors (Lipinski definition) is 3. The number of hydrogen-bond donors (Lipinski definition) is 0. The molecule has 4 heteroatoms. The molecule has 118 valence electrons. The quantitative estimate of drug-likeness (QED) is 0.701. The Kier molecular flexibility index (Phi) is 4.09. The number of benzene rings is 2. The maximum Gasteiger partial charge on any atom is 0.210 e. The molecule has 0 aliphatic carbocycles. The normalized spacial score (nSPS) is 11.6. The van der Waals surface area contributed by atoms with Crippen molar-refractivity contribution < 1.29 is 12.8 Å². The Morgan fingerprint density at radius 3 is 2.22 bits per heavy atom. The third-order valence-electron chi connectivity index (χ3n) is 3.83. The second-order valence-electron chi connectivity index (χ2n) is 5.46. The van der Waals surface area contributed by atoms with E-state index in [1.807, 2.05) is 44.2 Å².